The van der Waals surface area contributed by atoms with Crippen molar-refractivity contribution < 1.29 is 22.7 Å². The Morgan fingerprint density at radius 2 is 2.11 bits per heavy atom. The Kier molecular flexibility index (Phi) is 3.04. The number of para-hydroxylation sites is 2. The topological polar surface area (TPSA) is 66.3 Å². The van der Waals surface area contributed by atoms with Crippen LogP contribution < -0.4 is 15.3 Å². The molecule has 1 N–H and O–H groups in total. The Balaban J connectivity index is 2.30. The number of rotatable bonds is 3. The highest BCUT2D eigenvalue weighted by Crippen LogP contribution is 2.33. The number of carbonyl (C=O) groups is 1. The molecule has 0 radical (unpaired) electrons. The van der Waals surface area contributed by atoms with Crippen molar-refractivity contribution >= 4 is 12.0 Å². The first-order valence-electron chi connectivity index (χ1n) is 4.76. The second kappa shape index (κ2) is 4.51. The van der Waals surface area contributed by atoms with Gasteiger partial charge in [0.1, 0.15) is 5.69 Å². The molecule has 18 heavy (non-hydrogen) atoms. The number of aldehydes is 1. The highest BCUT2D eigenvalue weighted by Gasteiger charge is 2.34. The Bertz CT molecular complexity index is 477. The number of ether oxygens (including phenoxy) is 1. The van der Waals surface area contributed by atoms with E-state index in [1.807, 2.05) is 0 Å². The second-order valence-corrected chi connectivity index (χ2v) is 3.25. The molecular formula is C9H7F3N4O2. The zero-order chi connectivity index (χ0) is 13.2. The molecule has 1 aliphatic heterocycles. The Labute approximate surface area is 99.0 Å². The van der Waals surface area contributed by atoms with Crippen LogP contribution in [0.5, 0.6) is 5.75 Å². The van der Waals surface area contributed by atoms with Gasteiger partial charge >= 0.3 is 6.36 Å². The van der Waals surface area contributed by atoms with Gasteiger partial charge in [0.05, 0.1) is 0 Å². The van der Waals surface area contributed by atoms with Crippen LogP contribution in [0, 0.1) is 0 Å². The number of hydrogen-bond acceptors (Lipinski definition) is 6. The molecule has 1 unspecified atom stereocenters. The molecule has 1 aromatic rings. The number of benzene rings is 1. The average molecular weight is 260 g/mol. The van der Waals surface area contributed by atoms with Crippen LogP contribution in [0.3, 0.4) is 0 Å². The number of carbonyl (C=O) groups excluding carboxylic acids is 1. The van der Waals surface area contributed by atoms with Gasteiger partial charge < -0.3 is 4.74 Å². The third-order valence-electron chi connectivity index (χ3n) is 2.07. The first-order chi connectivity index (χ1) is 8.51. The largest absolute Gasteiger partial charge is 0.573 e. The third kappa shape index (κ3) is 2.50. The zero-order valence-corrected chi connectivity index (χ0v) is 8.76. The minimum atomic E-state index is -4.82. The molecule has 1 aliphatic rings. The molecule has 1 heterocycles. The van der Waals surface area contributed by atoms with E-state index in [1.165, 1.54) is 18.2 Å². The molecule has 0 saturated heterocycles. The average Bonchev–Trinajstić information content (AvgIpc) is 2.75. The molecule has 96 valence electrons. The fourth-order valence-electron chi connectivity index (χ4n) is 1.40. The van der Waals surface area contributed by atoms with E-state index in [1.54, 1.807) is 0 Å². The predicted octanol–water partition coefficient (Wildman–Crippen LogP) is 1.80. The monoisotopic (exact) mass is 260 g/mol. The molecule has 0 amide bonds. The summed E-state index contributed by atoms with van der Waals surface area (Å²) in [5, 5.41) is 7.91. The van der Waals surface area contributed by atoms with Gasteiger partial charge in [-0.1, -0.05) is 17.4 Å². The number of hydrogen-bond donors (Lipinski definition) is 1. The summed E-state index contributed by atoms with van der Waals surface area (Å²) in [4.78, 5) is 10.7. The highest BCUT2D eigenvalue weighted by atomic mass is 19.4. The van der Waals surface area contributed by atoms with Crippen molar-refractivity contribution in [3.63, 3.8) is 0 Å². The van der Waals surface area contributed by atoms with Crippen molar-refractivity contribution in [2.24, 2.45) is 10.3 Å². The molecule has 9 heteroatoms. The summed E-state index contributed by atoms with van der Waals surface area (Å²) in [6.07, 6.45) is -5.41. The summed E-state index contributed by atoms with van der Waals surface area (Å²) in [7, 11) is 0. The SMILES string of the molecule is O=CC1N=NNN1c1ccccc1OC(F)(F)F. The van der Waals surface area contributed by atoms with Gasteiger partial charge in [-0.3, -0.25) is 4.79 Å². The molecule has 1 atom stereocenters. The maximum atomic E-state index is 12.2. The lowest BCUT2D eigenvalue weighted by atomic mass is 10.2. The quantitative estimate of drug-likeness (QED) is 0.841. The summed E-state index contributed by atoms with van der Waals surface area (Å²) in [6, 6.07) is 5.36. The number of nitrogens with zero attached hydrogens (tertiary/aromatic N) is 3. The van der Waals surface area contributed by atoms with Crippen LogP contribution >= 0.6 is 0 Å². The van der Waals surface area contributed by atoms with Crippen LogP contribution in [0.25, 0.3) is 0 Å². The van der Waals surface area contributed by atoms with Gasteiger partial charge in [0.2, 0.25) is 6.17 Å². The van der Waals surface area contributed by atoms with Crippen molar-refractivity contribution in [1.29, 1.82) is 0 Å². The van der Waals surface area contributed by atoms with Gasteiger partial charge in [-0.25, -0.2) is 5.01 Å². The third-order valence-corrected chi connectivity index (χ3v) is 2.07. The number of alkyl halides is 3. The molecule has 0 fully saturated rings. The van der Waals surface area contributed by atoms with Gasteiger partial charge in [-0.2, -0.15) is 5.53 Å². The lowest BCUT2D eigenvalue weighted by Gasteiger charge is -2.22. The second-order valence-electron chi connectivity index (χ2n) is 3.25. The lowest BCUT2D eigenvalue weighted by molar-refractivity contribution is -0.274. The van der Waals surface area contributed by atoms with Gasteiger partial charge in [0, 0.05) is 0 Å². The molecule has 2 rings (SSSR count). The number of hydrazine groups is 1. The molecule has 0 spiro atoms. The highest BCUT2D eigenvalue weighted by molar-refractivity contribution is 5.68. The van der Waals surface area contributed by atoms with Crippen LogP contribution in [0.4, 0.5) is 18.9 Å². The van der Waals surface area contributed by atoms with Crippen molar-refractivity contribution in [3.05, 3.63) is 24.3 Å². The summed E-state index contributed by atoms with van der Waals surface area (Å²) < 4.78 is 40.5. The molecule has 0 aliphatic carbocycles. The van der Waals surface area contributed by atoms with E-state index in [2.05, 4.69) is 20.6 Å². The summed E-state index contributed by atoms with van der Waals surface area (Å²) in [5.74, 6) is -0.448. The van der Waals surface area contributed by atoms with Gasteiger partial charge in [0.15, 0.2) is 12.0 Å². The van der Waals surface area contributed by atoms with E-state index in [0.717, 1.165) is 11.1 Å². The smallest absolute Gasteiger partial charge is 0.403 e. The molecule has 0 aromatic heterocycles. The standard InChI is InChI=1S/C9H7F3N4O2/c10-9(11,12)18-7-4-2-1-3-6(7)16-8(5-17)13-14-15-16/h1-5,8H,(H,13,15). The van der Waals surface area contributed by atoms with Crippen LogP contribution in [0.2, 0.25) is 0 Å². The first-order valence-corrected chi connectivity index (χ1v) is 4.76. The summed E-state index contributed by atoms with van der Waals surface area (Å²) in [6.45, 7) is 0. The molecular weight excluding hydrogens is 253 g/mol. The lowest BCUT2D eigenvalue weighted by Crippen LogP contribution is -2.38. The minimum Gasteiger partial charge on any atom is -0.403 e. The molecule has 0 saturated carbocycles. The van der Waals surface area contributed by atoms with Crippen molar-refractivity contribution in [1.82, 2.24) is 5.53 Å². The van der Waals surface area contributed by atoms with E-state index in [0.29, 0.717) is 6.29 Å². The fourth-order valence-corrected chi connectivity index (χ4v) is 1.40. The minimum absolute atomic E-state index is 0.0110. The van der Waals surface area contributed by atoms with E-state index >= 15 is 0 Å². The maximum absolute atomic E-state index is 12.2. The number of nitrogens with one attached hydrogen (secondary N) is 1. The van der Waals surface area contributed by atoms with E-state index < -0.39 is 18.3 Å². The van der Waals surface area contributed by atoms with Gasteiger partial charge in [-0.05, 0) is 12.1 Å². The fraction of sp³-hybridized carbons (Fsp3) is 0.222. The van der Waals surface area contributed by atoms with Crippen LogP contribution in [-0.4, -0.2) is 18.8 Å². The molecule has 6 nitrogen and oxygen atoms in total. The van der Waals surface area contributed by atoms with E-state index in [9.17, 15) is 18.0 Å². The van der Waals surface area contributed by atoms with Crippen LogP contribution in [0.1, 0.15) is 0 Å². The first kappa shape index (κ1) is 12.1. The maximum Gasteiger partial charge on any atom is 0.573 e. The number of anilines is 1. The van der Waals surface area contributed by atoms with Gasteiger partial charge in [-0.15, -0.1) is 18.3 Å². The van der Waals surface area contributed by atoms with Crippen molar-refractivity contribution in [2.45, 2.75) is 12.5 Å². The van der Waals surface area contributed by atoms with Crippen LogP contribution in [-0.2, 0) is 4.79 Å². The Morgan fingerprint density at radius 3 is 2.78 bits per heavy atom. The predicted molar refractivity (Wildman–Crippen MR) is 53.4 cm³/mol. The summed E-state index contributed by atoms with van der Waals surface area (Å²) >= 11 is 0. The van der Waals surface area contributed by atoms with Crippen molar-refractivity contribution in [2.75, 3.05) is 5.01 Å². The van der Waals surface area contributed by atoms with Crippen LogP contribution in [0.15, 0.2) is 34.6 Å². The normalized spacial score (nSPS) is 18.6. The Hall–Kier alpha value is -2.32. The Morgan fingerprint density at radius 1 is 1.39 bits per heavy atom. The molecule has 1 aromatic carbocycles. The molecule has 0 bridgehead atoms. The van der Waals surface area contributed by atoms with Gasteiger partial charge in [0.25, 0.3) is 0 Å². The van der Waals surface area contributed by atoms with E-state index in [-0.39, 0.29) is 5.69 Å². The van der Waals surface area contributed by atoms with E-state index in [4.69, 9.17) is 0 Å². The number of halogens is 3. The van der Waals surface area contributed by atoms with Crippen molar-refractivity contribution in [3.8, 4) is 5.75 Å². The summed E-state index contributed by atoms with van der Waals surface area (Å²) in [5.41, 5.74) is 2.32. The zero-order valence-electron chi connectivity index (χ0n) is 8.76.